The van der Waals surface area contributed by atoms with Crippen LogP contribution in [0, 0.1) is 11.8 Å². The molecule has 28 heavy (non-hydrogen) atoms. The van der Waals surface area contributed by atoms with Gasteiger partial charge < -0.3 is 4.90 Å². The fourth-order valence-electron chi connectivity index (χ4n) is 3.92. The fourth-order valence-corrected chi connectivity index (χ4v) is 3.92. The van der Waals surface area contributed by atoms with Crippen molar-refractivity contribution >= 4 is 11.8 Å². The summed E-state index contributed by atoms with van der Waals surface area (Å²) in [5.41, 5.74) is 5.03. The molecule has 2 atom stereocenters. The third-order valence-electron chi connectivity index (χ3n) is 5.44. The fraction of sp³-hybridized carbons (Fsp3) is 0.217. The van der Waals surface area contributed by atoms with Crippen molar-refractivity contribution in [3.63, 3.8) is 0 Å². The number of benzene rings is 1. The van der Waals surface area contributed by atoms with Crippen LogP contribution in [0.3, 0.4) is 0 Å². The second-order valence-electron chi connectivity index (χ2n) is 7.18. The predicted molar refractivity (Wildman–Crippen MR) is 106 cm³/mol. The van der Waals surface area contributed by atoms with Gasteiger partial charge in [-0.05, 0) is 42.2 Å². The monoisotopic (exact) mass is 374 g/mol. The average molecular weight is 374 g/mol. The first-order valence-corrected chi connectivity index (χ1v) is 9.44. The predicted octanol–water partition coefficient (Wildman–Crippen LogP) is 3.67. The lowest BCUT2D eigenvalue weighted by Crippen LogP contribution is -2.39. The van der Waals surface area contributed by atoms with E-state index >= 15 is 0 Å². The molecule has 142 valence electrons. The van der Waals surface area contributed by atoms with Crippen molar-refractivity contribution in [1.29, 1.82) is 0 Å². The number of rotatable bonds is 3. The van der Waals surface area contributed by atoms with Gasteiger partial charge in [-0.15, -0.1) is 0 Å². The smallest absolute Gasteiger partial charge is 0.274 e. The second-order valence-corrected chi connectivity index (χ2v) is 7.18. The minimum absolute atomic E-state index is 0.0651. The van der Waals surface area contributed by atoms with E-state index in [9.17, 15) is 9.59 Å². The summed E-state index contributed by atoms with van der Waals surface area (Å²) in [4.78, 5) is 26.9. The molecule has 2 amide bonds. The highest BCUT2D eigenvalue weighted by Crippen LogP contribution is 2.35. The van der Waals surface area contributed by atoms with E-state index in [-0.39, 0.29) is 17.7 Å². The maximum Gasteiger partial charge on any atom is 0.274 e. The maximum atomic E-state index is 13.5. The molecule has 0 fully saturated rings. The molecule has 2 unspecified atom stereocenters. The van der Waals surface area contributed by atoms with Crippen LogP contribution in [-0.2, 0) is 11.3 Å². The molecule has 0 radical (unpaired) electrons. The molecule has 0 saturated carbocycles. The zero-order chi connectivity index (χ0) is 19.5. The standard InChI is InChI=1S/C23H22N2O3/c26-22(24-28)19-11-9-16(10-12-19)15-25-21-8-4-2-6-18(21)14-13-17-5-1-3-7-20(17)23(25)27/h1-5,7-13,18,20,28H,6,14-15H2,(H,24,26)/b17-13-. The lowest BCUT2D eigenvalue weighted by Gasteiger charge is -2.36. The highest BCUT2D eigenvalue weighted by Gasteiger charge is 2.33. The molecule has 1 heterocycles. The van der Waals surface area contributed by atoms with Gasteiger partial charge >= 0.3 is 0 Å². The van der Waals surface area contributed by atoms with Gasteiger partial charge in [0.15, 0.2) is 0 Å². The topological polar surface area (TPSA) is 69.6 Å². The van der Waals surface area contributed by atoms with Crippen LogP contribution >= 0.6 is 0 Å². The summed E-state index contributed by atoms with van der Waals surface area (Å²) in [7, 11) is 0. The summed E-state index contributed by atoms with van der Waals surface area (Å²) in [5, 5.41) is 8.77. The molecule has 1 aromatic carbocycles. The normalized spacial score (nSPS) is 25.0. The molecule has 5 heteroatoms. The number of hydroxylamine groups is 1. The van der Waals surface area contributed by atoms with Crippen molar-refractivity contribution < 1.29 is 14.8 Å². The Morgan fingerprint density at radius 1 is 1.14 bits per heavy atom. The van der Waals surface area contributed by atoms with Crippen LogP contribution in [0.2, 0.25) is 0 Å². The van der Waals surface area contributed by atoms with Crippen molar-refractivity contribution in [2.75, 3.05) is 0 Å². The average Bonchev–Trinajstić information content (AvgIpc) is 2.75. The van der Waals surface area contributed by atoms with E-state index in [1.165, 1.54) is 0 Å². The van der Waals surface area contributed by atoms with Gasteiger partial charge in [0.25, 0.3) is 5.91 Å². The second kappa shape index (κ2) is 7.82. The molecular weight excluding hydrogens is 352 g/mol. The lowest BCUT2D eigenvalue weighted by molar-refractivity contribution is -0.132. The number of hydrogen-bond acceptors (Lipinski definition) is 3. The first kappa shape index (κ1) is 18.2. The van der Waals surface area contributed by atoms with Crippen LogP contribution in [0.25, 0.3) is 0 Å². The van der Waals surface area contributed by atoms with Crippen molar-refractivity contribution in [2.45, 2.75) is 19.4 Å². The minimum Gasteiger partial charge on any atom is -0.311 e. The van der Waals surface area contributed by atoms with Crippen LogP contribution in [0.4, 0.5) is 0 Å². The molecule has 5 nitrogen and oxygen atoms in total. The summed E-state index contributed by atoms with van der Waals surface area (Å²) >= 11 is 0. The molecule has 1 aromatic rings. The van der Waals surface area contributed by atoms with Crippen molar-refractivity contribution in [3.05, 3.63) is 95.3 Å². The molecule has 0 spiro atoms. The zero-order valence-electron chi connectivity index (χ0n) is 15.4. The first-order valence-electron chi connectivity index (χ1n) is 9.44. The Balaban J connectivity index is 1.67. The van der Waals surface area contributed by atoms with Crippen LogP contribution in [0.1, 0.15) is 28.8 Å². The first-order chi connectivity index (χ1) is 13.7. The molecule has 2 aliphatic carbocycles. The number of amides is 2. The van der Waals surface area contributed by atoms with Gasteiger partial charge in [0.05, 0.1) is 12.5 Å². The largest absolute Gasteiger partial charge is 0.311 e. The number of nitrogens with one attached hydrogen (secondary N) is 1. The number of hydrogen-bond donors (Lipinski definition) is 2. The van der Waals surface area contributed by atoms with Crippen molar-refractivity contribution in [2.24, 2.45) is 11.8 Å². The van der Waals surface area contributed by atoms with Gasteiger partial charge in [-0.3, -0.25) is 14.8 Å². The number of carbonyl (C=O) groups is 2. The highest BCUT2D eigenvalue weighted by atomic mass is 16.5. The molecule has 1 aliphatic heterocycles. The Hall–Kier alpha value is -3.18. The van der Waals surface area contributed by atoms with Crippen LogP contribution < -0.4 is 5.48 Å². The van der Waals surface area contributed by atoms with Gasteiger partial charge in [0.2, 0.25) is 5.91 Å². The Bertz CT molecular complexity index is 935. The summed E-state index contributed by atoms with van der Waals surface area (Å²) in [6, 6.07) is 6.93. The van der Waals surface area contributed by atoms with E-state index in [4.69, 9.17) is 5.21 Å². The zero-order valence-corrected chi connectivity index (χ0v) is 15.4. The van der Waals surface area contributed by atoms with E-state index in [2.05, 4.69) is 12.2 Å². The number of nitrogens with zero attached hydrogens (tertiary/aromatic N) is 1. The minimum atomic E-state index is -0.553. The molecule has 3 aliphatic rings. The Kier molecular flexibility index (Phi) is 5.08. The molecule has 0 bridgehead atoms. The Morgan fingerprint density at radius 3 is 2.75 bits per heavy atom. The Morgan fingerprint density at radius 2 is 1.96 bits per heavy atom. The van der Waals surface area contributed by atoms with Crippen LogP contribution in [0.15, 0.2) is 84.1 Å². The number of allylic oxidation sites excluding steroid dienone is 8. The third kappa shape index (κ3) is 3.49. The van der Waals surface area contributed by atoms with Crippen LogP contribution in [0.5, 0.6) is 0 Å². The number of fused-ring (bicyclic) bond motifs is 2. The molecule has 0 saturated heterocycles. The van der Waals surface area contributed by atoms with E-state index < -0.39 is 5.91 Å². The van der Waals surface area contributed by atoms with Gasteiger partial charge in [0.1, 0.15) is 0 Å². The molecule has 2 N–H and O–H groups in total. The third-order valence-corrected chi connectivity index (χ3v) is 5.44. The van der Waals surface area contributed by atoms with Crippen molar-refractivity contribution in [1.82, 2.24) is 10.4 Å². The van der Waals surface area contributed by atoms with Gasteiger partial charge in [0, 0.05) is 17.2 Å². The molecular formula is C23H22N2O3. The van der Waals surface area contributed by atoms with Gasteiger partial charge in [-0.2, -0.15) is 0 Å². The van der Waals surface area contributed by atoms with Gasteiger partial charge in [-0.1, -0.05) is 54.7 Å². The van der Waals surface area contributed by atoms with Crippen molar-refractivity contribution in [3.8, 4) is 0 Å². The highest BCUT2D eigenvalue weighted by molar-refractivity contribution is 5.93. The molecule has 0 aromatic heterocycles. The lowest BCUT2D eigenvalue weighted by atomic mass is 9.84. The summed E-state index contributed by atoms with van der Waals surface area (Å²) in [5.74, 6) is -0.475. The summed E-state index contributed by atoms with van der Waals surface area (Å²) in [6.45, 7) is 0.442. The maximum absolute atomic E-state index is 13.5. The quantitative estimate of drug-likeness (QED) is 0.627. The van der Waals surface area contributed by atoms with E-state index in [0.29, 0.717) is 12.1 Å². The van der Waals surface area contributed by atoms with E-state index in [1.54, 1.807) is 17.6 Å². The molecule has 4 rings (SSSR count). The van der Waals surface area contributed by atoms with E-state index in [0.717, 1.165) is 29.7 Å². The Labute approximate surface area is 164 Å². The van der Waals surface area contributed by atoms with Crippen LogP contribution in [-0.4, -0.2) is 21.9 Å². The summed E-state index contributed by atoms with van der Waals surface area (Å²) < 4.78 is 0. The summed E-state index contributed by atoms with van der Waals surface area (Å²) in [6.07, 6.45) is 18.1. The SMILES string of the molecule is O=C(NO)c1ccc(CN2C(=O)C3C=CC=C/C3=C/CC3CC=CC=C32)cc1. The van der Waals surface area contributed by atoms with E-state index in [1.807, 2.05) is 53.5 Å². The van der Waals surface area contributed by atoms with Gasteiger partial charge in [-0.25, -0.2) is 5.48 Å². The number of carbonyl (C=O) groups excluding carboxylic acids is 2.